The number of halogens is 2. The van der Waals surface area contributed by atoms with E-state index in [1.54, 1.807) is 11.8 Å². The van der Waals surface area contributed by atoms with Crippen LogP contribution in [0, 0.1) is 11.6 Å². The van der Waals surface area contributed by atoms with Gasteiger partial charge in [0.15, 0.2) is 11.6 Å². The number of carbonyl (C=O) groups excluding carboxylic acids is 3. The van der Waals surface area contributed by atoms with Crippen LogP contribution in [0.1, 0.15) is 25.5 Å². The minimum absolute atomic E-state index is 0.00496. The predicted molar refractivity (Wildman–Crippen MR) is 103 cm³/mol. The van der Waals surface area contributed by atoms with Crippen molar-refractivity contribution in [2.75, 3.05) is 39.3 Å². The van der Waals surface area contributed by atoms with Crippen LogP contribution in [-0.2, 0) is 14.3 Å². The highest BCUT2D eigenvalue weighted by molar-refractivity contribution is 5.95. The summed E-state index contributed by atoms with van der Waals surface area (Å²) >= 11 is 0. The highest BCUT2D eigenvalue weighted by atomic mass is 19.2. The summed E-state index contributed by atoms with van der Waals surface area (Å²) in [4.78, 5) is 40.2. The van der Waals surface area contributed by atoms with Gasteiger partial charge >= 0.3 is 12.0 Å². The lowest BCUT2D eigenvalue weighted by molar-refractivity contribution is -0.139. The molecular weight excluding hydrogens is 398 g/mol. The van der Waals surface area contributed by atoms with Gasteiger partial charge in [0.1, 0.15) is 0 Å². The van der Waals surface area contributed by atoms with Crippen LogP contribution >= 0.6 is 0 Å². The number of hydrogen-bond acceptors (Lipinski definition) is 5. The Morgan fingerprint density at radius 1 is 1.17 bits per heavy atom. The predicted octanol–water partition coefficient (Wildman–Crippen LogP) is 1.30. The van der Waals surface area contributed by atoms with Crippen LogP contribution in [0.3, 0.4) is 0 Å². The van der Waals surface area contributed by atoms with Crippen molar-refractivity contribution in [1.82, 2.24) is 20.4 Å². The SMILES string of the molecule is CCOC(=O)C1=C(CN2CCN(C(C)=O)CC2)NC(=O)NC1c1ccc(F)c(F)c1. The molecule has 1 aromatic carbocycles. The van der Waals surface area contributed by atoms with Gasteiger partial charge in [-0.2, -0.15) is 0 Å². The number of urea groups is 1. The number of nitrogens with one attached hydrogen (secondary N) is 2. The maximum Gasteiger partial charge on any atom is 0.338 e. The van der Waals surface area contributed by atoms with Gasteiger partial charge in [0.25, 0.3) is 0 Å². The summed E-state index contributed by atoms with van der Waals surface area (Å²) in [5.41, 5.74) is 0.699. The summed E-state index contributed by atoms with van der Waals surface area (Å²) in [5, 5.41) is 5.24. The average molecular weight is 422 g/mol. The molecule has 0 aliphatic carbocycles. The van der Waals surface area contributed by atoms with E-state index in [1.165, 1.54) is 13.0 Å². The average Bonchev–Trinajstić information content (AvgIpc) is 2.70. The standard InChI is InChI=1S/C20H24F2N4O4/c1-3-30-19(28)17-16(11-25-6-8-26(9-7-25)12(2)27)23-20(29)24-18(17)13-4-5-14(21)15(22)10-13/h4-5,10,18H,3,6-9,11H2,1-2H3,(H2,23,24,29). The molecule has 1 fully saturated rings. The Kier molecular flexibility index (Phi) is 6.66. The summed E-state index contributed by atoms with van der Waals surface area (Å²) in [7, 11) is 0. The molecule has 30 heavy (non-hydrogen) atoms. The fraction of sp³-hybridized carbons (Fsp3) is 0.450. The maximum atomic E-state index is 13.8. The Bertz CT molecular complexity index is 882. The highest BCUT2D eigenvalue weighted by Gasteiger charge is 2.35. The Morgan fingerprint density at radius 2 is 1.87 bits per heavy atom. The monoisotopic (exact) mass is 422 g/mol. The number of piperazine rings is 1. The summed E-state index contributed by atoms with van der Waals surface area (Å²) in [6.45, 7) is 5.73. The van der Waals surface area contributed by atoms with Gasteiger partial charge in [-0.15, -0.1) is 0 Å². The number of esters is 1. The van der Waals surface area contributed by atoms with Crippen LogP contribution < -0.4 is 10.6 Å². The molecule has 8 nitrogen and oxygen atoms in total. The van der Waals surface area contributed by atoms with Gasteiger partial charge in [-0.05, 0) is 24.6 Å². The van der Waals surface area contributed by atoms with Gasteiger partial charge in [0, 0.05) is 45.3 Å². The molecule has 1 aromatic rings. The summed E-state index contributed by atoms with van der Waals surface area (Å²) in [5.74, 6) is -2.76. The Balaban J connectivity index is 1.92. The van der Waals surface area contributed by atoms with Crippen molar-refractivity contribution >= 4 is 17.9 Å². The van der Waals surface area contributed by atoms with Gasteiger partial charge in [-0.3, -0.25) is 9.69 Å². The third-order valence-corrected chi connectivity index (χ3v) is 5.13. The molecule has 10 heteroatoms. The van der Waals surface area contributed by atoms with E-state index >= 15 is 0 Å². The molecule has 0 bridgehead atoms. The van der Waals surface area contributed by atoms with Gasteiger partial charge in [0.05, 0.1) is 18.2 Å². The van der Waals surface area contributed by atoms with Crippen molar-refractivity contribution < 1.29 is 27.9 Å². The molecule has 162 valence electrons. The second kappa shape index (κ2) is 9.21. The molecule has 2 aliphatic heterocycles. The number of hydrogen-bond donors (Lipinski definition) is 2. The molecule has 2 aliphatic rings. The molecule has 0 aromatic heterocycles. The van der Waals surface area contributed by atoms with Crippen molar-refractivity contribution in [2.24, 2.45) is 0 Å². The molecule has 1 atom stereocenters. The summed E-state index contributed by atoms with van der Waals surface area (Å²) in [6, 6.07) is 1.67. The zero-order valence-corrected chi connectivity index (χ0v) is 16.8. The van der Waals surface area contributed by atoms with E-state index in [4.69, 9.17) is 4.74 Å². The van der Waals surface area contributed by atoms with Crippen molar-refractivity contribution in [3.05, 3.63) is 46.7 Å². The minimum atomic E-state index is -1.08. The zero-order chi connectivity index (χ0) is 21.8. The quantitative estimate of drug-likeness (QED) is 0.698. The van der Waals surface area contributed by atoms with Gasteiger partial charge in [-0.1, -0.05) is 6.07 Å². The largest absolute Gasteiger partial charge is 0.463 e. The van der Waals surface area contributed by atoms with E-state index in [2.05, 4.69) is 10.6 Å². The van der Waals surface area contributed by atoms with E-state index in [-0.39, 0.29) is 30.2 Å². The Hall–Kier alpha value is -3.01. The lowest BCUT2D eigenvalue weighted by Gasteiger charge is -2.36. The third-order valence-electron chi connectivity index (χ3n) is 5.13. The molecular formula is C20H24F2N4O4. The number of carbonyl (C=O) groups is 3. The van der Waals surface area contributed by atoms with Gasteiger partial charge < -0.3 is 20.3 Å². The molecule has 0 radical (unpaired) electrons. The summed E-state index contributed by atoms with van der Waals surface area (Å²) in [6.07, 6.45) is 0. The fourth-order valence-electron chi connectivity index (χ4n) is 3.58. The fourth-order valence-corrected chi connectivity index (χ4v) is 3.58. The maximum absolute atomic E-state index is 13.8. The number of benzene rings is 1. The second-order valence-electron chi connectivity index (χ2n) is 7.10. The van der Waals surface area contributed by atoms with Crippen LogP contribution in [0.2, 0.25) is 0 Å². The number of amides is 3. The first kappa shape index (κ1) is 21.7. The minimum Gasteiger partial charge on any atom is -0.463 e. The molecule has 2 N–H and O–H groups in total. The lowest BCUT2D eigenvalue weighted by atomic mass is 9.94. The van der Waals surface area contributed by atoms with E-state index < -0.39 is 29.7 Å². The van der Waals surface area contributed by atoms with Crippen LogP contribution in [0.25, 0.3) is 0 Å². The van der Waals surface area contributed by atoms with Crippen molar-refractivity contribution in [2.45, 2.75) is 19.9 Å². The molecule has 2 heterocycles. The Morgan fingerprint density at radius 3 is 2.47 bits per heavy atom. The van der Waals surface area contributed by atoms with Crippen LogP contribution in [-0.4, -0.2) is 67.0 Å². The van der Waals surface area contributed by atoms with Crippen LogP contribution in [0.5, 0.6) is 0 Å². The Labute approximate surface area is 172 Å². The molecule has 0 saturated carbocycles. The van der Waals surface area contributed by atoms with E-state index in [1.807, 2.05) is 4.90 Å². The topological polar surface area (TPSA) is 91.0 Å². The smallest absolute Gasteiger partial charge is 0.338 e. The van der Waals surface area contributed by atoms with Crippen LogP contribution in [0.4, 0.5) is 13.6 Å². The zero-order valence-electron chi connectivity index (χ0n) is 16.8. The number of rotatable bonds is 5. The normalized spacial score (nSPS) is 19.9. The van der Waals surface area contributed by atoms with E-state index in [0.29, 0.717) is 31.9 Å². The molecule has 3 amide bonds. The van der Waals surface area contributed by atoms with Crippen molar-refractivity contribution in [1.29, 1.82) is 0 Å². The first-order chi connectivity index (χ1) is 14.3. The lowest BCUT2D eigenvalue weighted by Crippen LogP contribution is -2.52. The summed E-state index contributed by atoms with van der Waals surface area (Å²) < 4.78 is 32.3. The van der Waals surface area contributed by atoms with E-state index in [0.717, 1.165) is 12.1 Å². The third kappa shape index (κ3) is 4.76. The highest BCUT2D eigenvalue weighted by Crippen LogP contribution is 2.29. The van der Waals surface area contributed by atoms with Crippen molar-refractivity contribution in [3.63, 3.8) is 0 Å². The van der Waals surface area contributed by atoms with Gasteiger partial charge in [-0.25, -0.2) is 18.4 Å². The first-order valence-corrected chi connectivity index (χ1v) is 9.70. The number of nitrogens with zero attached hydrogens (tertiary/aromatic N) is 2. The molecule has 1 saturated heterocycles. The second-order valence-corrected chi connectivity index (χ2v) is 7.10. The number of ether oxygens (including phenoxy) is 1. The molecule has 0 spiro atoms. The first-order valence-electron chi connectivity index (χ1n) is 9.70. The van der Waals surface area contributed by atoms with Crippen LogP contribution in [0.15, 0.2) is 29.5 Å². The van der Waals surface area contributed by atoms with E-state index in [9.17, 15) is 23.2 Å². The molecule has 3 rings (SSSR count). The van der Waals surface area contributed by atoms with Gasteiger partial charge in [0.2, 0.25) is 5.91 Å². The van der Waals surface area contributed by atoms with Crippen molar-refractivity contribution in [3.8, 4) is 0 Å². The molecule has 1 unspecified atom stereocenters.